The molecule has 0 aromatic heterocycles. The molecule has 29 heavy (non-hydrogen) atoms. The van der Waals surface area contributed by atoms with Gasteiger partial charge in [0.25, 0.3) is 0 Å². The van der Waals surface area contributed by atoms with Crippen LogP contribution in [0.5, 0.6) is 11.5 Å². The molecule has 0 spiro atoms. The molecule has 3 aromatic rings. The highest BCUT2D eigenvalue weighted by atomic mass is 16.5. The van der Waals surface area contributed by atoms with Crippen molar-refractivity contribution in [2.45, 2.75) is 41.0 Å². The first-order valence-corrected chi connectivity index (χ1v) is 9.87. The molecule has 3 nitrogen and oxygen atoms in total. The third-order valence-corrected chi connectivity index (χ3v) is 5.81. The van der Waals surface area contributed by atoms with Gasteiger partial charge in [-0.3, -0.25) is 0 Å². The van der Waals surface area contributed by atoms with E-state index in [2.05, 4.69) is 40.7 Å². The fourth-order valence-electron chi connectivity index (χ4n) is 3.51. The monoisotopic (exact) mass is 391 g/mol. The minimum absolute atomic E-state index is 0.822. The van der Waals surface area contributed by atoms with E-state index >= 15 is 0 Å². The van der Waals surface area contributed by atoms with E-state index in [4.69, 9.17) is 15.2 Å². The van der Waals surface area contributed by atoms with E-state index in [0.29, 0.717) is 0 Å². The zero-order valence-electron chi connectivity index (χ0n) is 18.7. The molecule has 0 saturated carbocycles. The Morgan fingerprint density at radius 2 is 1.24 bits per heavy atom. The molecule has 0 atom stereocenters. The van der Waals surface area contributed by atoms with Gasteiger partial charge < -0.3 is 15.2 Å². The lowest BCUT2D eigenvalue weighted by molar-refractivity contribution is 0.399. The molecule has 3 aromatic carbocycles. The summed E-state index contributed by atoms with van der Waals surface area (Å²) in [5, 5.41) is 0. The minimum atomic E-state index is 0.822. The van der Waals surface area contributed by atoms with Crippen LogP contribution in [0.15, 0.2) is 48.5 Å². The lowest BCUT2D eigenvalue weighted by Gasteiger charge is -2.20. The van der Waals surface area contributed by atoms with E-state index < -0.39 is 0 Å². The number of hydrogen-bond acceptors (Lipinski definition) is 3. The first-order valence-electron chi connectivity index (χ1n) is 9.87. The van der Waals surface area contributed by atoms with Gasteiger partial charge in [0, 0.05) is 17.7 Å². The third-order valence-electron chi connectivity index (χ3n) is 5.81. The number of nitrogens with two attached hydrogens (primary N) is 1. The topological polar surface area (TPSA) is 44.5 Å². The SMILES string of the molecule is COc1ccc(OC)c(Cc2c(C)c(C)c(C)c(C)c2C)c1.Nc1ccccc1. The molecule has 0 aliphatic heterocycles. The Morgan fingerprint density at radius 1 is 0.690 bits per heavy atom. The molecule has 2 N–H and O–H groups in total. The van der Waals surface area contributed by atoms with Crippen molar-refractivity contribution in [1.29, 1.82) is 0 Å². The molecule has 0 amide bonds. The van der Waals surface area contributed by atoms with Crippen molar-refractivity contribution in [3.63, 3.8) is 0 Å². The molecule has 0 unspecified atom stereocenters. The predicted molar refractivity (Wildman–Crippen MR) is 123 cm³/mol. The number of rotatable bonds is 4. The van der Waals surface area contributed by atoms with Gasteiger partial charge in [0.05, 0.1) is 14.2 Å². The van der Waals surface area contributed by atoms with Crippen molar-refractivity contribution < 1.29 is 9.47 Å². The van der Waals surface area contributed by atoms with Gasteiger partial charge in [0.15, 0.2) is 0 Å². The van der Waals surface area contributed by atoms with Crippen molar-refractivity contribution in [2.24, 2.45) is 0 Å². The van der Waals surface area contributed by atoms with Gasteiger partial charge in [-0.05, 0) is 98.3 Å². The van der Waals surface area contributed by atoms with Gasteiger partial charge in [-0.25, -0.2) is 0 Å². The molecule has 3 rings (SSSR count). The highest BCUT2D eigenvalue weighted by molar-refractivity contribution is 5.53. The molecule has 0 aliphatic rings. The van der Waals surface area contributed by atoms with Gasteiger partial charge >= 0.3 is 0 Å². The Morgan fingerprint density at radius 3 is 1.69 bits per heavy atom. The minimum Gasteiger partial charge on any atom is -0.497 e. The number of para-hydroxylation sites is 1. The predicted octanol–water partition coefficient (Wildman–Crippen LogP) is 6.11. The molecule has 0 heterocycles. The van der Waals surface area contributed by atoms with Crippen LogP contribution in [0.4, 0.5) is 5.69 Å². The van der Waals surface area contributed by atoms with Crippen LogP contribution in [-0.2, 0) is 6.42 Å². The Labute approximate surface area is 175 Å². The maximum Gasteiger partial charge on any atom is 0.122 e. The summed E-state index contributed by atoms with van der Waals surface area (Å²) < 4.78 is 10.9. The van der Waals surface area contributed by atoms with Crippen molar-refractivity contribution in [3.8, 4) is 11.5 Å². The smallest absolute Gasteiger partial charge is 0.122 e. The largest absolute Gasteiger partial charge is 0.497 e. The van der Waals surface area contributed by atoms with Crippen LogP contribution in [0.1, 0.15) is 38.9 Å². The number of methoxy groups -OCH3 is 2. The molecular weight excluding hydrogens is 358 g/mol. The first kappa shape index (κ1) is 22.4. The van der Waals surface area contributed by atoms with E-state index in [1.807, 2.05) is 42.5 Å². The molecule has 0 saturated heterocycles. The number of hydrogen-bond donors (Lipinski definition) is 1. The molecule has 0 fully saturated rings. The summed E-state index contributed by atoms with van der Waals surface area (Å²) in [4.78, 5) is 0. The molecule has 0 radical (unpaired) electrons. The summed E-state index contributed by atoms with van der Waals surface area (Å²) in [6, 6.07) is 15.5. The Bertz CT molecular complexity index is 933. The second-order valence-corrected chi connectivity index (χ2v) is 7.37. The van der Waals surface area contributed by atoms with Crippen molar-refractivity contribution in [3.05, 3.63) is 87.5 Å². The van der Waals surface area contributed by atoms with Gasteiger partial charge in [-0.15, -0.1) is 0 Å². The zero-order valence-corrected chi connectivity index (χ0v) is 18.7. The number of anilines is 1. The Kier molecular flexibility index (Phi) is 7.72. The number of nitrogen functional groups attached to an aromatic ring is 1. The van der Waals surface area contributed by atoms with Crippen LogP contribution < -0.4 is 15.2 Å². The maximum atomic E-state index is 5.53. The van der Waals surface area contributed by atoms with Crippen LogP contribution in [0.2, 0.25) is 0 Å². The fourth-order valence-corrected chi connectivity index (χ4v) is 3.51. The van der Waals surface area contributed by atoms with Crippen molar-refractivity contribution in [1.82, 2.24) is 0 Å². The standard InChI is InChI=1S/C20H26O2.C6H7N/c1-12-13(2)15(4)19(16(5)14(12)3)11-17-10-18(21-6)8-9-20(17)22-7;7-6-4-2-1-3-5-6/h8-10H,11H2,1-7H3;1-5H,7H2. The maximum absolute atomic E-state index is 5.53. The van der Waals surface area contributed by atoms with Crippen LogP contribution in [0.25, 0.3) is 0 Å². The Balaban J connectivity index is 0.000000360. The fraction of sp³-hybridized carbons (Fsp3) is 0.308. The van der Waals surface area contributed by atoms with E-state index in [0.717, 1.165) is 29.2 Å². The molecular formula is C26H33NO2. The zero-order chi connectivity index (χ0) is 21.6. The lowest BCUT2D eigenvalue weighted by Crippen LogP contribution is -2.04. The van der Waals surface area contributed by atoms with Gasteiger partial charge in [-0.1, -0.05) is 18.2 Å². The average molecular weight is 392 g/mol. The van der Waals surface area contributed by atoms with E-state index in [1.165, 1.54) is 33.4 Å². The normalized spacial score (nSPS) is 10.2. The van der Waals surface area contributed by atoms with Crippen molar-refractivity contribution >= 4 is 5.69 Å². The van der Waals surface area contributed by atoms with Crippen LogP contribution in [-0.4, -0.2) is 14.2 Å². The lowest BCUT2D eigenvalue weighted by atomic mass is 9.86. The number of benzene rings is 3. The summed E-state index contributed by atoms with van der Waals surface area (Å²) in [5.41, 5.74) is 15.7. The summed E-state index contributed by atoms with van der Waals surface area (Å²) in [5.74, 6) is 1.78. The van der Waals surface area contributed by atoms with E-state index in [1.54, 1.807) is 14.2 Å². The molecule has 3 heteroatoms. The second-order valence-electron chi connectivity index (χ2n) is 7.37. The first-order chi connectivity index (χ1) is 13.8. The van der Waals surface area contributed by atoms with Crippen LogP contribution in [0.3, 0.4) is 0 Å². The molecule has 0 bridgehead atoms. The number of ether oxygens (including phenoxy) is 2. The van der Waals surface area contributed by atoms with Crippen LogP contribution >= 0.6 is 0 Å². The van der Waals surface area contributed by atoms with Gasteiger partial charge in [-0.2, -0.15) is 0 Å². The summed E-state index contributed by atoms with van der Waals surface area (Å²) in [6.45, 7) is 11.1. The second kappa shape index (κ2) is 10.0. The third kappa shape index (κ3) is 5.32. The van der Waals surface area contributed by atoms with Gasteiger partial charge in [0.1, 0.15) is 11.5 Å². The highest BCUT2D eigenvalue weighted by Gasteiger charge is 2.15. The quantitative estimate of drug-likeness (QED) is 0.546. The van der Waals surface area contributed by atoms with E-state index in [9.17, 15) is 0 Å². The van der Waals surface area contributed by atoms with E-state index in [-0.39, 0.29) is 0 Å². The summed E-state index contributed by atoms with van der Waals surface area (Å²) >= 11 is 0. The molecule has 154 valence electrons. The molecule has 0 aliphatic carbocycles. The Hall–Kier alpha value is -2.94. The van der Waals surface area contributed by atoms with Crippen LogP contribution in [0, 0.1) is 34.6 Å². The summed E-state index contributed by atoms with van der Waals surface area (Å²) in [7, 11) is 3.42. The van der Waals surface area contributed by atoms with Gasteiger partial charge in [0.2, 0.25) is 0 Å². The van der Waals surface area contributed by atoms with Crippen molar-refractivity contribution in [2.75, 3.05) is 20.0 Å². The highest BCUT2D eigenvalue weighted by Crippen LogP contribution is 2.32. The summed E-state index contributed by atoms with van der Waals surface area (Å²) in [6.07, 6.45) is 0.861. The average Bonchev–Trinajstić information content (AvgIpc) is 2.74.